The van der Waals surface area contributed by atoms with E-state index in [9.17, 15) is 4.79 Å². The third-order valence-electron chi connectivity index (χ3n) is 3.61. The first kappa shape index (κ1) is 13.4. The molecule has 0 atom stereocenters. The van der Waals surface area contributed by atoms with Gasteiger partial charge in [0.2, 0.25) is 0 Å². The summed E-state index contributed by atoms with van der Waals surface area (Å²) in [5.41, 5.74) is 0.852. The summed E-state index contributed by atoms with van der Waals surface area (Å²) in [6.07, 6.45) is 2.78. The van der Waals surface area contributed by atoms with Gasteiger partial charge in [-0.3, -0.25) is 4.79 Å². The van der Waals surface area contributed by atoms with Crippen LogP contribution in [0.4, 0.5) is 0 Å². The Morgan fingerprint density at radius 1 is 1.14 bits per heavy atom. The quantitative estimate of drug-likeness (QED) is 0.621. The Morgan fingerprint density at radius 2 is 1.57 bits per heavy atom. The Kier molecular flexibility index (Phi) is 4.11. The van der Waals surface area contributed by atoms with Gasteiger partial charge in [0.1, 0.15) is 0 Å². The van der Waals surface area contributed by atoms with Crippen LogP contribution in [0.25, 0.3) is 0 Å². The van der Waals surface area contributed by atoms with Crippen LogP contribution in [0.5, 0.6) is 0 Å². The molecule has 0 saturated carbocycles. The van der Waals surface area contributed by atoms with Crippen LogP contribution in [0.15, 0.2) is 11.6 Å². The third kappa shape index (κ3) is 2.70. The van der Waals surface area contributed by atoms with Gasteiger partial charge in [-0.05, 0) is 25.3 Å². The highest BCUT2D eigenvalue weighted by Crippen LogP contribution is 2.42. The van der Waals surface area contributed by atoms with E-state index in [0.717, 1.165) is 12.0 Å². The standard InChI is InChI=1S/C13H24O/c1-8-12(4,5)13(6,7)11(14)9-10(2)3/h9H,8H2,1-7H3. The molecule has 0 amide bonds. The minimum atomic E-state index is -0.279. The number of rotatable bonds is 4. The van der Waals surface area contributed by atoms with Gasteiger partial charge < -0.3 is 0 Å². The fraction of sp³-hybridized carbons (Fsp3) is 0.769. The first-order valence-electron chi connectivity index (χ1n) is 5.34. The zero-order chi connectivity index (χ0) is 11.6. The van der Waals surface area contributed by atoms with Crippen molar-refractivity contribution >= 4 is 5.78 Å². The van der Waals surface area contributed by atoms with Crippen LogP contribution < -0.4 is 0 Å². The average Bonchev–Trinajstić information content (AvgIpc) is 2.02. The maximum absolute atomic E-state index is 12.0. The minimum absolute atomic E-state index is 0.0516. The van der Waals surface area contributed by atoms with Crippen molar-refractivity contribution in [2.75, 3.05) is 0 Å². The molecule has 0 heterocycles. The zero-order valence-corrected chi connectivity index (χ0v) is 10.7. The molecule has 0 aromatic heterocycles. The predicted molar refractivity (Wildman–Crippen MR) is 62.3 cm³/mol. The van der Waals surface area contributed by atoms with Crippen LogP contribution in [0.3, 0.4) is 0 Å². The van der Waals surface area contributed by atoms with Crippen molar-refractivity contribution in [1.82, 2.24) is 0 Å². The zero-order valence-electron chi connectivity index (χ0n) is 10.7. The molecule has 0 spiro atoms. The van der Waals surface area contributed by atoms with Gasteiger partial charge in [0.15, 0.2) is 5.78 Å². The first-order valence-corrected chi connectivity index (χ1v) is 5.34. The highest BCUT2D eigenvalue weighted by atomic mass is 16.1. The van der Waals surface area contributed by atoms with Gasteiger partial charge in [0.05, 0.1) is 0 Å². The van der Waals surface area contributed by atoms with Gasteiger partial charge in [-0.15, -0.1) is 0 Å². The van der Waals surface area contributed by atoms with Crippen LogP contribution in [0.2, 0.25) is 0 Å². The molecule has 0 unspecified atom stereocenters. The minimum Gasteiger partial charge on any atom is -0.294 e. The lowest BCUT2D eigenvalue weighted by Gasteiger charge is -2.39. The summed E-state index contributed by atoms with van der Waals surface area (Å²) in [4.78, 5) is 12.0. The van der Waals surface area contributed by atoms with Crippen molar-refractivity contribution in [2.24, 2.45) is 10.8 Å². The molecule has 0 aliphatic carbocycles. The molecule has 0 radical (unpaired) electrons. The van der Waals surface area contributed by atoms with E-state index in [1.807, 2.05) is 27.7 Å². The number of hydrogen-bond acceptors (Lipinski definition) is 1. The molecule has 0 aromatic rings. The molecule has 82 valence electrons. The van der Waals surface area contributed by atoms with E-state index in [1.165, 1.54) is 0 Å². The van der Waals surface area contributed by atoms with E-state index in [2.05, 4.69) is 20.8 Å². The molecule has 1 nitrogen and oxygen atoms in total. The van der Waals surface area contributed by atoms with Gasteiger partial charge in [-0.1, -0.05) is 46.6 Å². The van der Waals surface area contributed by atoms with Crippen molar-refractivity contribution in [1.29, 1.82) is 0 Å². The van der Waals surface area contributed by atoms with Crippen LogP contribution >= 0.6 is 0 Å². The fourth-order valence-electron chi connectivity index (χ4n) is 1.22. The van der Waals surface area contributed by atoms with Crippen LogP contribution in [-0.4, -0.2) is 5.78 Å². The summed E-state index contributed by atoms with van der Waals surface area (Å²) in [5.74, 6) is 0.240. The second kappa shape index (κ2) is 4.29. The first-order chi connectivity index (χ1) is 6.15. The van der Waals surface area contributed by atoms with Crippen LogP contribution in [-0.2, 0) is 4.79 Å². The Hall–Kier alpha value is -0.590. The second-order valence-corrected chi connectivity index (χ2v) is 5.45. The molecule has 0 N–H and O–H groups in total. The molecule has 0 rings (SSSR count). The van der Waals surface area contributed by atoms with E-state index in [0.29, 0.717) is 0 Å². The maximum Gasteiger partial charge on any atom is 0.161 e. The summed E-state index contributed by atoms with van der Waals surface area (Å²) >= 11 is 0. The molecule has 0 aromatic carbocycles. The third-order valence-corrected chi connectivity index (χ3v) is 3.61. The Bertz CT molecular complexity index is 240. The van der Waals surface area contributed by atoms with Gasteiger partial charge >= 0.3 is 0 Å². The summed E-state index contributed by atoms with van der Waals surface area (Å²) in [6, 6.07) is 0. The molecule has 0 saturated heterocycles. The lowest BCUT2D eigenvalue weighted by molar-refractivity contribution is -0.128. The van der Waals surface area contributed by atoms with Crippen LogP contribution in [0.1, 0.15) is 54.9 Å². The smallest absolute Gasteiger partial charge is 0.161 e. The van der Waals surface area contributed by atoms with E-state index < -0.39 is 0 Å². The average molecular weight is 196 g/mol. The number of hydrogen-bond donors (Lipinski definition) is 0. The van der Waals surface area contributed by atoms with E-state index in [-0.39, 0.29) is 16.6 Å². The van der Waals surface area contributed by atoms with E-state index in [1.54, 1.807) is 6.08 Å². The van der Waals surface area contributed by atoms with Crippen molar-refractivity contribution in [3.63, 3.8) is 0 Å². The predicted octanol–water partition coefficient (Wildman–Crippen LogP) is 3.98. The lowest BCUT2D eigenvalue weighted by Crippen LogP contribution is -2.38. The molecule has 1 heteroatoms. The van der Waals surface area contributed by atoms with Crippen molar-refractivity contribution in [3.05, 3.63) is 11.6 Å². The fourth-order valence-corrected chi connectivity index (χ4v) is 1.22. The molecular formula is C13H24O. The molecule has 0 bridgehead atoms. The summed E-state index contributed by atoms with van der Waals surface area (Å²) < 4.78 is 0. The monoisotopic (exact) mass is 196 g/mol. The van der Waals surface area contributed by atoms with E-state index in [4.69, 9.17) is 0 Å². The maximum atomic E-state index is 12.0. The second-order valence-electron chi connectivity index (χ2n) is 5.45. The van der Waals surface area contributed by atoms with Gasteiger partial charge in [0, 0.05) is 5.41 Å². The van der Waals surface area contributed by atoms with E-state index >= 15 is 0 Å². The summed E-state index contributed by atoms with van der Waals surface area (Å²) in [6.45, 7) is 14.5. The topological polar surface area (TPSA) is 17.1 Å². The molecule has 0 aliphatic rings. The SMILES string of the molecule is CCC(C)(C)C(C)(C)C(=O)C=C(C)C. The Balaban J connectivity index is 4.97. The number of ketones is 1. The highest BCUT2D eigenvalue weighted by molar-refractivity contribution is 5.95. The number of carbonyl (C=O) groups is 1. The van der Waals surface area contributed by atoms with Gasteiger partial charge in [-0.2, -0.15) is 0 Å². The molecular weight excluding hydrogens is 172 g/mol. The van der Waals surface area contributed by atoms with Gasteiger partial charge in [0.25, 0.3) is 0 Å². The largest absolute Gasteiger partial charge is 0.294 e. The van der Waals surface area contributed by atoms with Crippen molar-refractivity contribution < 1.29 is 4.79 Å². The Morgan fingerprint density at radius 3 is 1.86 bits per heavy atom. The molecule has 0 fully saturated rings. The van der Waals surface area contributed by atoms with Gasteiger partial charge in [-0.25, -0.2) is 0 Å². The Labute approximate surface area is 88.6 Å². The van der Waals surface area contributed by atoms with Crippen molar-refractivity contribution in [3.8, 4) is 0 Å². The van der Waals surface area contributed by atoms with Crippen molar-refractivity contribution in [2.45, 2.75) is 54.9 Å². The van der Waals surface area contributed by atoms with Crippen LogP contribution in [0, 0.1) is 10.8 Å². The highest BCUT2D eigenvalue weighted by Gasteiger charge is 2.40. The lowest BCUT2D eigenvalue weighted by atomic mass is 9.64. The number of carbonyl (C=O) groups excluding carboxylic acids is 1. The number of allylic oxidation sites excluding steroid dienone is 2. The molecule has 0 aliphatic heterocycles. The summed E-state index contributed by atoms with van der Waals surface area (Å²) in [7, 11) is 0. The molecule has 14 heavy (non-hydrogen) atoms. The summed E-state index contributed by atoms with van der Waals surface area (Å²) in [5, 5.41) is 0. The normalized spacial score (nSPS) is 12.5.